The first kappa shape index (κ1) is 16.4. The van der Waals surface area contributed by atoms with Gasteiger partial charge in [-0.3, -0.25) is 0 Å². The zero-order valence-electron chi connectivity index (χ0n) is 12.2. The number of ether oxygens (including phenoxy) is 1. The van der Waals surface area contributed by atoms with E-state index in [0.29, 0.717) is 12.5 Å². The maximum atomic E-state index is 12.2. The first-order chi connectivity index (χ1) is 9.79. The van der Waals surface area contributed by atoms with Gasteiger partial charge in [0.1, 0.15) is 10.6 Å². The lowest BCUT2D eigenvalue weighted by atomic mass is 9.93. The van der Waals surface area contributed by atoms with E-state index in [9.17, 15) is 13.2 Å². The largest absolute Gasteiger partial charge is 0.461 e. The highest BCUT2D eigenvalue weighted by Gasteiger charge is 2.28. The molecule has 0 saturated heterocycles. The molecule has 0 unspecified atom stereocenters. The SMILES string of the molecule is CC(C)CCOC(=O)c1cc(S(=O)(=O)Cl)cn1C1CCC1. The van der Waals surface area contributed by atoms with Gasteiger partial charge in [-0.15, -0.1) is 0 Å². The predicted octanol–water partition coefficient (Wildman–Crippen LogP) is 3.34. The second-order valence-electron chi connectivity index (χ2n) is 5.81. The molecule has 1 saturated carbocycles. The summed E-state index contributed by atoms with van der Waals surface area (Å²) in [6.45, 7) is 4.42. The summed E-state index contributed by atoms with van der Waals surface area (Å²) in [5, 5.41) is 0. The van der Waals surface area contributed by atoms with Gasteiger partial charge in [0.2, 0.25) is 0 Å². The van der Waals surface area contributed by atoms with Crippen LogP contribution in [0, 0.1) is 5.92 Å². The molecule has 0 N–H and O–H groups in total. The van der Waals surface area contributed by atoms with E-state index in [-0.39, 0.29) is 16.6 Å². The molecule has 1 heterocycles. The molecule has 21 heavy (non-hydrogen) atoms. The Morgan fingerprint density at radius 2 is 2.14 bits per heavy atom. The molecule has 1 aliphatic rings. The van der Waals surface area contributed by atoms with Crippen LogP contribution in [0.5, 0.6) is 0 Å². The third-order valence-electron chi connectivity index (χ3n) is 3.71. The maximum Gasteiger partial charge on any atom is 0.354 e. The van der Waals surface area contributed by atoms with E-state index in [1.807, 2.05) is 13.8 Å². The van der Waals surface area contributed by atoms with Crippen LogP contribution in [-0.4, -0.2) is 25.6 Å². The summed E-state index contributed by atoms with van der Waals surface area (Å²) in [7, 11) is 1.52. The molecule has 0 radical (unpaired) electrons. The van der Waals surface area contributed by atoms with Crippen molar-refractivity contribution in [2.24, 2.45) is 5.92 Å². The van der Waals surface area contributed by atoms with Gasteiger partial charge in [-0.05, 0) is 37.7 Å². The number of rotatable bonds is 6. The zero-order chi connectivity index (χ0) is 15.6. The number of hydrogen-bond donors (Lipinski definition) is 0. The zero-order valence-corrected chi connectivity index (χ0v) is 13.8. The van der Waals surface area contributed by atoms with Gasteiger partial charge >= 0.3 is 5.97 Å². The van der Waals surface area contributed by atoms with Crippen LogP contribution in [-0.2, 0) is 13.8 Å². The molecule has 0 aliphatic heterocycles. The van der Waals surface area contributed by atoms with Crippen LogP contribution < -0.4 is 0 Å². The summed E-state index contributed by atoms with van der Waals surface area (Å²) in [6.07, 6.45) is 5.15. The summed E-state index contributed by atoms with van der Waals surface area (Å²) >= 11 is 0. The van der Waals surface area contributed by atoms with Crippen LogP contribution in [0.15, 0.2) is 17.2 Å². The first-order valence-electron chi connectivity index (χ1n) is 7.12. The molecule has 1 fully saturated rings. The molecule has 0 atom stereocenters. The monoisotopic (exact) mass is 333 g/mol. The summed E-state index contributed by atoms with van der Waals surface area (Å²) in [6, 6.07) is 1.46. The van der Waals surface area contributed by atoms with E-state index in [1.54, 1.807) is 4.57 Å². The lowest BCUT2D eigenvalue weighted by molar-refractivity contribution is 0.0469. The Balaban J connectivity index is 2.20. The van der Waals surface area contributed by atoms with Crippen LogP contribution in [0.3, 0.4) is 0 Å². The van der Waals surface area contributed by atoms with Crippen molar-refractivity contribution in [2.75, 3.05) is 6.61 Å². The lowest BCUT2D eigenvalue weighted by Gasteiger charge is -2.28. The van der Waals surface area contributed by atoms with Crippen LogP contribution in [0.25, 0.3) is 0 Å². The molecular formula is C14H20ClNO4S. The topological polar surface area (TPSA) is 65.4 Å². The van der Waals surface area contributed by atoms with Gasteiger partial charge in [0.05, 0.1) is 6.61 Å². The predicted molar refractivity (Wildman–Crippen MR) is 80.1 cm³/mol. The Kier molecular flexibility index (Phi) is 4.99. The molecular weight excluding hydrogens is 314 g/mol. The van der Waals surface area contributed by atoms with Crippen molar-refractivity contribution >= 4 is 25.7 Å². The molecule has 0 bridgehead atoms. The molecule has 1 aromatic heterocycles. The quantitative estimate of drug-likeness (QED) is 0.591. The van der Waals surface area contributed by atoms with E-state index in [0.717, 1.165) is 25.7 Å². The number of aromatic nitrogens is 1. The Hall–Kier alpha value is -1.01. The highest BCUT2D eigenvalue weighted by molar-refractivity contribution is 8.13. The molecule has 2 rings (SSSR count). The Morgan fingerprint density at radius 1 is 1.48 bits per heavy atom. The average Bonchev–Trinajstić information content (AvgIpc) is 2.70. The van der Waals surface area contributed by atoms with E-state index in [2.05, 4.69) is 0 Å². The van der Waals surface area contributed by atoms with Crippen LogP contribution in [0.2, 0.25) is 0 Å². The van der Waals surface area contributed by atoms with E-state index < -0.39 is 15.0 Å². The van der Waals surface area contributed by atoms with Crippen LogP contribution in [0.1, 0.15) is 56.1 Å². The summed E-state index contributed by atoms with van der Waals surface area (Å²) in [4.78, 5) is 12.1. The summed E-state index contributed by atoms with van der Waals surface area (Å²) in [5.41, 5.74) is 0.266. The van der Waals surface area contributed by atoms with E-state index in [1.165, 1.54) is 12.3 Å². The molecule has 5 nitrogen and oxygen atoms in total. The van der Waals surface area contributed by atoms with Crippen molar-refractivity contribution in [3.05, 3.63) is 18.0 Å². The second-order valence-corrected chi connectivity index (χ2v) is 8.38. The number of nitrogens with zero attached hydrogens (tertiary/aromatic N) is 1. The highest BCUT2D eigenvalue weighted by atomic mass is 35.7. The summed E-state index contributed by atoms with van der Waals surface area (Å²) < 4.78 is 29.8. The van der Waals surface area contributed by atoms with Gasteiger partial charge in [0, 0.05) is 22.9 Å². The van der Waals surface area contributed by atoms with Crippen molar-refractivity contribution in [3.8, 4) is 0 Å². The van der Waals surface area contributed by atoms with Gasteiger partial charge in [0.25, 0.3) is 9.05 Å². The number of esters is 1. The average molecular weight is 334 g/mol. The van der Waals surface area contributed by atoms with Crippen LogP contribution >= 0.6 is 10.7 Å². The molecule has 0 spiro atoms. The highest BCUT2D eigenvalue weighted by Crippen LogP contribution is 2.34. The standard InChI is InChI=1S/C14H20ClNO4S/c1-10(2)6-7-20-14(17)13-8-12(21(15,18)19)9-16(13)11-4-3-5-11/h8-11H,3-7H2,1-2H3. The fraction of sp³-hybridized carbons (Fsp3) is 0.643. The van der Waals surface area contributed by atoms with Gasteiger partial charge in [-0.2, -0.15) is 0 Å². The molecule has 0 amide bonds. The first-order valence-corrected chi connectivity index (χ1v) is 9.43. The number of carbonyl (C=O) groups is 1. The van der Waals surface area contributed by atoms with E-state index >= 15 is 0 Å². The smallest absolute Gasteiger partial charge is 0.354 e. The molecule has 0 aromatic carbocycles. The Morgan fingerprint density at radius 3 is 2.62 bits per heavy atom. The fourth-order valence-corrected chi connectivity index (χ4v) is 2.92. The normalized spacial score (nSPS) is 16.0. The molecule has 1 aliphatic carbocycles. The van der Waals surface area contributed by atoms with E-state index in [4.69, 9.17) is 15.4 Å². The minimum atomic E-state index is -3.85. The van der Waals surface area contributed by atoms with Crippen molar-refractivity contribution < 1.29 is 17.9 Å². The maximum absolute atomic E-state index is 12.2. The van der Waals surface area contributed by atoms with Gasteiger partial charge in [0.15, 0.2) is 0 Å². The Labute approximate surface area is 129 Å². The third-order valence-corrected chi connectivity index (χ3v) is 5.03. The molecule has 118 valence electrons. The summed E-state index contributed by atoms with van der Waals surface area (Å²) in [5.74, 6) is -0.0517. The van der Waals surface area contributed by atoms with Crippen molar-refractivity contribution in [2.45, 2.75) is 50.5 Å². The second kappa shape index (κ2) is 6.40. The third kappa shape index (κ3) is 4.01. The fourth-order valence-electron chi connectivity index (χ4n) is 2.18. The number of halogens is 1. The van der Waals surface area contributed by atoms with Crippen LogP contribution in [0.4, 0.5) is 0 Å². The number of hydrogen-bond acceptors (Lipinski definition) is 4. The molecule has 1 aromatic rings. The number of carbonyl (C=O) groups excluding carboxylic acids is 1. The van der Waals surface area contributed by atoms with Crippen molar-refractivity contribution in [1.29, 1.82) is 0 Å². The van der Waals surface area contributed by atoms with Crippen molar-refractivity contribution in [1.82, 2.24) is 4.57 Å². The van der Waals surface area contributed by atoms with Gasteiger partial charge in [-0.1, -0.05) is 13.8 Å². The lowest BCUT2D eigenvalue weighted by Crippen LogP contribution is -2.21. The molecule has 7 heteroatoms. The van der Waals surface area contributed by atoms with Gasteiger partial charge < -0.3 is 9.30 Å². The Bertz CT molecular complexity index is 617. The van der Waals surface area contributed by atoms with Crippen molar-refractivity contribution in [3.63, 3.8) is 0 Å². The van der Waals surface area contributed by atoms with Gasteiger partial charge in [-0.25, -0.2) is 13.2 Å². The minimum Gasteiger partial charge on any atom is -0.461 e. The minimum absolute atomic E-state index is 0.0492.